The van der Waals surface area contributed by atoms with Gasteiger partial charge < -0.3 is 10.1 Å². The Morgan fingerprint density at radius 2 is 2.12 bits per heavy atom. The van der Waals surface area contributed by atoms with Crippen molar-refractivity contribution >= 4 is 32.8 Å². The summed E-state index contributed by atoms with van der Waals surface area (Å²) in [5.74, 6) is -0.832. The topological polar surface area (TPSA) is 83.4 Å². The minimum absolute atomic E-state index is 0.513. The number of carboxylic acid groups (broad SMARTS) is 1. The predicted octanol–water partition coefficient (Wildman–Crippen LogP) is 2.59. The number of rotatable bonds is 5. The molecule has 1 saturated heterocycles. The Kier molecular flexibility index (Phi) is 5.19. The zero-order valence-corrected chi connectivity index (χ0v) is 14.8. The van der Waals surface area contributed by atoms with E-state index in [2.05, 4.69) is 31.9 Å². The third kappa shape index (κ3) is 3.46. The average molecular weight is 391 g/mol. The molecule has 2 heterocycles. The van der Waals surface area contributed by atoms with Gasteiger partial charge >= 0.3 is 5.97 Å². The number of aromatic amines is 1. The summed E-state index contributed by atoms with van der Waals surface area (Å²) in [4.78, 5) is 19.3. The van der Waals surface area contributed by atoms with E-state index >= 15 is 0 Å². The van der Waals surface area contributed by atoms with Crippen LogP contribution in [0.3, 0.4) is 0 Å². The molecule has 7 heteroatoms. The lowest BCUT2D eigenvalue weighted by molar-refractivity contribution is -0.144. The van der Waals surface area contributed by atoms with Crippen LogP contribution in [-0.2, 0) is 4.79 Å². The Morgan fingerprint density at radius 1 is 1.38 bits per heavy atom. The lowest BCUT2D eigenvalue weighted by Gasteiger charge is -2.37. The molecule has 3 rings (SSSR count). The molecule has 0 saturated carbocycles. The van der Waals surface area contributed by atoms with Crippen LogP contribution in [0.5, 0.6) is 0 Å². The summed E-state index contributed by atoms with van der Waals surface area (Å²) in [7, 11) is 0. The van der Waals surface area contributed by atoms with Crippen LogP contribution >= 0.6 is 15.9 Å². The largest absolute Gasteiger partial charge is 0.480 e. The first kappa shape index (κ1) is 17.0. The van der Waals surface area contributed by atoms with Gasteiger partial charge in [-0.3, -0.25) is 14.6 Å². The first-order valence-electron chi connectivity index (χ1n) is 7.93. The van der Waals surface area contributed by atoms with E-state index in [0.717, 1.165) is 40.6 Å². The van der Waals surface area contributed by atoms with Crippen molar-refractivity contribution in [3.8, 4) is 6.07 Å². The number of nitrogens with one attached hydrogen (secondary N) is 1. The lowest BCUT2D eigenvalue weighted by atomic mass is 10.0. The highest BCUT2D eigenvalue weighted by atomic mass is 79.9. The zero-order valence-electron chi connectivity index (χ0n) is 13.2. The highest BCUT2D eigenvalue weighted by Crippen LogP contribution is 2.31. The number of H-pyrrole nitrogens is 1. The van der Waals surface area contributed by atoms with Crippen molar-refractivity contribution in [3.63, 3.8) is 0 Å². The Balaban J connectivity index is 1.82. The van der Waals surface area contributed by atoms with Crippen molar-refractivity contribution in [1.29, 1.82) is 5.26 Å². The van der Waals surface area contributed by atoms with E-state index < -0.39 is 12.0 Å². The van der Waals surface area contributed by atoms with Crippen LogP contribution < -0.4 is 0 Å². The van der Waals surface area contributed by atoms with Crippen LogP contribution in [0.2, 0.25) is 0 Å². The molecule has 2 aromatic rings. The van der Waals surface area contributed by atoms with E-state index in [-0.39, 0.29) is 0 Å². The molecule has 1 aliphatic rings. The molecule has 0 spiro atoms. The van der Waals surface area contributed by atoms with Crippen LogP contribution in [0.4, 0.5) is 0 Å². The Bertz CT molecular complexity index is 774. The molecular formula is C17H19BrN4O2. The summed E-state index contributed by atoms with van der Waals surface area (Å²) in [5.41, 5.74) is 1.73. The molecule has 126 valence electrons. The van der Waals surface area contributed by atoms with Gasteiger partial charge in [0, 0.05) is 66.3 Å². The van der Waals surface area contributed by atoms with E-state index in [1.54, 1.807) is 6.20 Å². The van der Waals surface area contributed by atoms with E-state index in [9.17, 15) is 9.90 Å². The quantitative estimate of drug-likeness (QED) is 0.819. The van der Waals surface area contributed by atoms with Crippen molar-refractivity contribution in [2.24, 2.45) is 0 Å². The minimum Gasteiger partial charge on any atom is -0.480 e. The second-order valence-electron chi connectivity index (χ2n) is 5.96. The highest BCUT2D eigenvalue weighted by molar-refractivity contribution is 9.10. The summed E-state index contributed by atoms with van der Waals surface area (Å²) >= 11 is 3.46. The van der Waals surface area contributed by atoms with Crippen molar-refractivity contribution in [2.75, 3.05) is 32.7 Å². The van der Waals surface area contributed by atoms with Gasteiger partial charge in [0.15, 0.2) is 0 Å². The van der Waals surface area contributed by atoms with E-state index in [1.807, 2.05) is 23.1 Å². The fourth-order valence-electron chi connectivity index (χ4n) is 3.28. The SMILES string of the molecule is N#CCCN1CCN([C@@H](C(=O)O)c2c[nH]c3ccc(Br)cc23)CC1. The molecule has 0 bridgehead atoms. The maximum absolute atomic E-state index is 12.0. The van der Waals surface area contributed by atoms with Gasteiger partial charge in [-0.25, -0.2) is 0 Å². The van der Waals surface area contributed by atoms with Gasteiger partial charge in [-0.1, -0.05) is 15.9 Å². The van der Waals surface area contributed by atoms with Gasteiger partial charge in [-0.05, 0) is 18.2 Å². The second-order valence-corrected chi connectivity index (χ2v) is 6.88. The fraction of sp³-hybridized carbons (Fsp3) is 0.412. The van der Waals surface area contributed by atoms with Gasteiger partial charge in [0.2, 0.25) is 0 Å². The Morgan fingerprint density at radius 3 is 2.79 bits per heavy atom. The van der Waals surface area contributed by atoms with Crippen molar-refractivity contribution in [3.05, 3.63) is 34.4 Å². The molecule has 1 atom stereocenters. The number of aliphatic carboxylic acids is 1. The van der Waals surface area contributed by atoms with E-state index in [1.165, 1.54) is 0 Å². The highest BCUT2D eigenvalue weighted by Gasteiger charge is 2.32. The lowest BCUT2D eigenvalue weighted by Crippen LogP contribution is -2.49. The molecule has 2 N–H and O–H groups in total. The molecule has 1 aromatic heterocycles. The number of nitriles is 1. The summed E-state index contributed by atoms with van der Waals surface area (Å²) < 4.78 is 0.932. The molecule has 1 aliphatic heterocycles. The number of hydrogen-bond donors (Lipinski definition) is 2. The van der Waals surface area contributed by atoms with Crippen LogP contribution in [0.25, 0.3) is 10.9 Å². The first-order valence-corrected chi connectivity index (χ1v) is 8.72. The maximum atomic E-state index is 12.0. The molecule has 6 nitrogen and oxygen atoms in total. The van der Waals surface area contributed by atoms with Crippen LogP contribution in [0.1, 0.15) is 18.0 Å². The number of piperazine rings is 1. The van der Waals surface area contributed by atoms with Crippen LogP contribution in [-0.4, -0.2) is 58.6 Å². The molecule has 0 amide bonds. The number of carbonyl (C=O) groups is 1. The number of aromatic nitrogens is 1. The smallest absolute Gasteiger partial charge is 0.325 e. The normalized spacial score (nSPS) is 17.7. The molecule has 1 aromatic carbocycles. The zero-order chi connectivity index (χ0) is 17.1. The molecule has 0 radical (unpaired) electrons. The number of hydrogen-bond acceptors (Lipinski definition) is 4. The summed E-state index contributed by atoms with van der Waals surface area (Å²) in [6, 6.07) is 7.34. The molecule has 0 unspecified atom stereocenters. The Labute approximate surface area is 148 Å². The number of nitrogens with zero attached hydrogens (tertiary/aromatic N) is 3. The molecule has 0 aliphatic carbocycles. The van der Waals surface area contributed by atoms with E-state index in [0.29, 0.717) is 19.5 Å². The number of benzene rings is 1. The van der Waals surface area contributed by atoms with Gasteiger partial charge in [0.1, 0.15) is 6.04 Å². The summed E-state index contributed by atoms with van der Waals surface area (Å²) in [6.45, 7) is 3.70. The standard InChI is InChI=1S/C17H19BrN4O2/c18-12-2-3-15-13(10-12)14(11-20-15)16(17(23)24)22-8-6-21(7-9-22)5-1-4-19/h2-3,10-11,16,20H,1,5-9H2,(H,23,24)/t16-/m1/s1. The van der Waals surface area contributed by atoms with Gasteiger partial charge in [-0.2, -0.15) is 5.26 Å². The fourth-order valence-corrected chi connectivity index (χ4v) is 3.64. The summed E-state index contributed by atoms with van der Waals surface area (Å²) in [6.07, 6.45) is 2.32. The van der Waals surface area contributed by atoms with Crippen molar-refractivity contribution in [2.45, 2.75) is 12.5 Å². The van der Waals surface area contributed by atoms with E-state index in [4.69, 9.17) is 5.26 Å². The number of fused-ring (bicyclic) bond motifs is 1. The summed E-state index contributed by atoms with van der Waals surface area (Å²) in [5, 5.41) is 19.4. The monoisotopic (exact) mass is 390 g/mol. The molecule has 1 fully saturated rings. The maximum Gasteiger partial charge on any atom is 0.325 e. The van der Waals surface area contributed by atoms with Crippen molar-refractivity contribution < 1.29 is 9.90 Å². The molecular weight excluding hydrogens is 372 g/mol. The minimum atomic E-state index is -0.832. The second kappa shape index (κ2) is 7.34. The average Bonchev–Trinajstić information content (AvgIpc) is 2.97. The van der Waals surface area contributed by atoms with Gasteiger partial charge in [0.25, 0.3) is 0 Å². The third-order valence-corrected chi connectivity index (χ3v) is 5.01. The van der Waals surface area contributed by atoms with Crippen molar-refractivity contribution in [1.82, 2.24) is 14.8 Å². The van der Waals surface area contributed by atoms with Gasteiger partial charge in [-0.15, -0.1) is 0 Å². The van der Waals surface area contributed by atoms with Crippen LogP contribution in [0.15, 0.2) is 28.9 Å². The Hall–Kier alpha value is -1.88. The molecule has 24 heavy (non-hydrogen) atoms. The number of carboxylic acids is 1. The predicted molar refractivity (Wildman–Crippen MR) is 94.6 cm³/mol. The number of halogens is 1. The van der Waals surface area contributed by atoms with Gasteiger partial charge in [0.05, 0.1) is 6.07 Å². The third-order valence-electron chi connectivity index (χ3n) is 4.52. The van der Waals surface area contributed by atoms with Crippen LogP contribution in [0, 0.1) is 11.3 Å². The first-order chi connectivity index (χ1) is 11.6.